The summed E-state index contributed by atoms with van der Waals surface area (Å²) in [6.45, 7) is 12.0. The van der Waals surface area contributed by atoms with Crippen molar-refractivity contribution < 1.29 is 9.84 Å². The lowest BCUT2D eigenvalue weighted by Gasteiger charge is -2.40. The second-order valence-corrected chi connectivity index (χ2v) is 7.49. The first-order valence-electron chi connectivity index (χ1n) is 9.05. The quantitative estimate of drug-likeness (QED) is 0.856. The molecule has 0 bridgehead atoms. The van der Waals surface area contributed by atoms with Crippen LogP contribution in [-0.2, 0) is 0 Å². The third-order valence-electron chi connectivity index (χ3n) is 5.02. The van der Waals surface area contributed by atoms with E-state index in [2.05, 4.69) is 57.7 Å². The molecule has 1 aromatic carbocycles. The Labute approximate surface area is 141 Å². The molecule has 1 aliphatic rings. The number of β-amino-alcohol motifs (C(OH)–C–C–N with tert-alkyl or cyclic N) is 1. The zero-order valence-electron chi connectivity index (χ0n) is 15.4. The van der Waals surface area contributed by atoms with E-state index in [1.54, 1.807) is 0 Å². The van der Waals surface area contributed by atoms with E-state index < -0.39 is 6.10 Å². The fourth-order valence-electron chi connectivity index (χ4n) is 3.56. The van der Waals surface area contributed by atoms with Crippen molar-refractivity contribution in [2.45, 2.75) is 78.0 Å². The smallest absolute Gasteiger partial charge is 0.123 e. The lowest BCUT2D eigenvalue weighted by molar-refractivity contribution is 0.0207. The van der Waals surface area contributed by atoms with E-state index in [1.807, 2.05) is 0 Å². The van der Waals surface area contributed by atoms with Crippen LogP contribution in [0, 0.1) is 6.92 Å². The predicted molar refractivity (Wildman–Crippen MR) is 96.3 cm³/mol. The Morgan fingerprint density at radius 3 is 2.48 bits per heavy atom. The number of aliphatic hydroxyl groups excluding tert-OH is 1. The van der Waals surface area contributed by atoms with Crippen LogP contribution in [-0.4, -0.2) is 41.3 Å². The molecule has 0 saturated carbocycles. The Bertz CT molecular complexity index is 490. The van der Waals surface area contributed by atoms with Crippen molar-refractivity contribution in [2.75, 3.05) is 13.2 Å². The zero-order chi connectivity index (χ0) is 17.0. The molecule has 1 saturated heterocycles. The van der Waals surface area contributed by atoms with Crippen molar-refractivity contribution in [3.8, 4) is 5.75 Å². The van der Waals surface area contributed by atoms with Gasteiger partial charge < -0.3 is 9.84 Å². The van der Waals surface area contributed by atoms with Gasteiger partial charge in [0.2, 0.25) is 0 Å². The monoisotopic (exact) mass is 319 g/mol. The zero-order valence-corrected chi connectivity index (χ0v) is 15.4. The molecule has 1 aliphatic heterocycles. The molecule has 3 heteroatoms. The van der Waals surface area contributed by atoms with Crippen molar-refractivity contribution in [1.82, 2.24) is 4.90 Å². The van der Waals surface area contributed by atoms with Crippen molar-refractivity contribution >= 4 is 0 Å². The largest absolute Gasteiger partial charge is 0.491 e. The molecule has 0 radical (unpaired) electrons. The molecule has 2 rings (SSSR count). The molecule has 1 aromatic rings. The Balaban J connectivity index is 1.94. The molecule has 0 spiro atoms. The van der Waals surface area contributed by atoms with Crippen molar-refractivity contribution in [2.24, 2.45) is 0 Å². The van der Waals surface area contributed by atoms with Crippen LogP contribution in [0.1, 0.15) is 64.0 Å². The Morgan fingerprint density at radius 1 is 1.22 bits per heavy atom. The molecule has 0 aromatic heterocycles. The highest BCUT2D eigenvalue weighted by molar-refractivity contribution is 5.39. The number of aliphatic hydroxyl groups is 1. The van der Waals surface area contributed by atoms with E-state index >= 15 is 0 Å². The van der Waals surface area contributed by atoms with Gasteiger partial charge in [-0.05, 0) is 56.7 Å². The average molecular weight is 319 g/mol. The molecule has 0 aliphatic carbocycles. The molecule has 1 N–H and O–H groups in total. The summed E-state index contributed by atoms with van der Waals surface area (Å²) in [4.78, 5) is 2.43. The van der Waals surface area contributed by atoms with Gasteiger partial charge in [0.15, 0.2) is 0 Å². The van der Waals surface area contributed by atoms with Gasteiger partial charge in [0.1, 0.15) is 18.5 Å². The van der Waals surface area contributed by atoms with E-state index in [4.69, 9.17) is 4.74 Å². The van der Waals surface area contributed by atoms with E-state index in [0.717, 1.165) is 5.75 Å². The van der Waals surface area contributed by atoms with Gasteiger partial charge in [-0.2, -0.15) is 0 Å². The van der Waals surface area contributed by atoms with E-state index in [1.165, 1.54) is 30.4 Å². The van der Waals surface area contributed by atoms with Crippen LogP contribution in [0.5, 0.6) is 5.75 Å². The first-order chi connectivity index (χ1) is 10.9. The number of hydrogen-bond acceptors (Lipinski definition) is 3. The number of hydrogen-bond donors (Lipinski definition) is 1. The second kappa shape index (κ2) is 8.16. The first-order valence-corrected chi connectivity index (χ1v) is 9.05. The maximum absolute atomic E-state index is 10.4. The topological polar surface area (TPSA) is 32.7 Å². The average Bonchev–Trinajstić information content (AvgIpc) is 2.49. The summed E-state index contributed by atoms with van der Waals surface area (Å²) in [6, 6.07) is 7.44. The van der Waals surface area contributed by atoms with Crippen LogP contribution in [0.3, 0.4) is 0 Å². The van der Waals surface area contributed by atoms with Crippen LogP contribution >= 0.6 is 0 Å². The number of piperidine rings is 1. The Kier molecular flexibility index (Phi) is 6.49. The fourth-order valence-corrected chi connectivity index (χ4v) is 3.56. The minimum atomic E-state index is -0.446. The van der Waals surface area contributed by atoms with Gasteiger partial charge in [-0.25, -0.2) is 0 Å². The molecule has 0 unspecified atom stereocenters. The molecule has 1 fully saturated rings. The van der Waals surface area contributed by atoms with Gasteiger partial charge >= 0.3 is 0 Å². The highest BCUT2D eigenvalue weighted by Gasteiger charge is 2.26. The molecule has 3 atom stereocenters. The van der Waals surface area contributed by atoms with Crippen molar-refractivity contribution in [3.63, 3.8) is 0 Å². The fraction of sp³-hybridized carbons (Fsp3) is 0.700. The molecule has 130 valence electrons. The van der Waals surface area contributed by atoms with Crippen LogP contribution in [0.4, 0.5) is 0 Å². The van der Waals surface area contributed by atoms with Gasteiger partial charge in [0.25, 0.3) is 0 Å². The van der Waals surface area contributed by atoms with Gasteiger partial charge in [0, 0.05) is 18.6 Å². The number of likely N-dealkylation sites (tertiary alicyclic amines) is 1. The maximum Gasteiger partial charge on any atom is 0.123 e. The highest BCUT2D eigenvalue weighted by atomic mass is 16.5. The Hall–Kier alpha value is -1.06. The first kappa shape index (κ1) is 18.3. The summed E-state index contributed by atoms with van der Waals surface area (Å²) in [6.07, 6.45) is 3.31. The summed E-state index contributed by atoms with van der Waals surface area (Å²) in [7, 11) is 0. The minimum absolute atomic E-state index is 0.360. The molecular formula is C20H33NO2. The molecule has 23 heavy (non-hydrogen) atoms. The second-order valence-electron chi connectivity index (χ2n) is 7.49. The van der Waals surface area contributed by atoms with Crippen LogP contribution in [0.15, 0.2) is 18.2 Å². The summed E-state index contributed by atoms with van der Waals surface area (Å²) in [5.74, 6) is 1.34. The summed E-state index contributed by atoms with van der Waals surface area (Å²) in [5.41, 5.74) is 2.40. The molecule has 1 heterocycles. The van der Waals surface area contributed by atoms with Crippen molar-refractivity contribution in [3.05, 3.63) is 29.3 Å². The van der Waals surface area contributed by atoms with E-state index in [0.29, 0.717) is 31.2 Å². The lowest BCUT2D eigenvalue weighted by Crippen LogP contribution is -2.48. The number of nitrogens with zero attached hydrogens (tertiary/aromatic N) is 1. The van der Waals surface area contributed by atoms with Crippen molar-refractivity contribution in [1.29, 1.82) is 0 Å². The normalized spacial score (nSPS) is 24.0. The molecular weight excluding hydrogens is 286 g/mol. The lowest BCUT2D eigenvalue weighted by atomic mass is 9.97. The number of benzene rings is 1. The van der Waals surface area contributed by atoms with E-state index in [-0.39, 0.29) is 0 Å². The van der Waals surface area contributed by atoms with Crippen LogP contribution in [0.25, 0.3) is 0 Å². The predicted octanol–water partition coefficient (Wildman–Crippen LogP) is 4.12. The van der Waals surface area contributed by atoms with Crippen LogP contribution in [0.2, 0.25) is 0 Å². The van der Waals surface area contributed by atoms with Gasteiger partial charge in [-0.1, -0.05) is 32.4 Å². The van der Waals surface area contributed by atoms with Gasteiger partial charge in [0.05, 0.1) is 0 Å². The summed E-state index contributed by atoms with van der Waals surface area (Å²) < 4.78 is 5.98. The third kappa shape index (κ3) is 4.95. The van der Waals surface area contributed by atoms with E-state index in [9.17, 15) is 5.11 Å². The Morgan fingerprint density at radius 2 is 1.87 bits per heavy atom. The molecule has 0 amide bonds. The summed E-state index contributed by atoms with van der Waals surface area (Å²) in [5, 5.41) is 10.4. The van der Waals surface area contributed by atoms with Gasteiger partial charge in [-0.15, -0.1) is 0 Å². The maximum atomic E-state index is 10.4. The van der Waals surface area contributed by atoms with Gasteiger partial charge in [-0.3, -0.25) is 4.90 Å². The third-order valence-corrected chi connectivity index (χ3v) is 5.02. The number of aryl methyl sites for hydroxylation is 1. The number of ether oxygens (including phenoxy) is 1. The molecule has 3 nitrogen and oxygen atoms in total. The highest BCUT2D eigenvalue weighted by Crippen LogP contribution is 2.28. The van der Waals surface area contributed by atoms with Crippen LogP contribution < -0.4 is 4.74 Å². The minimum Gasteiger partial charge on any atom is -0.491 e. The SMILES string of the molecule is Cc1ccc(C(C)C)c(OC[C@H](O)CN2[C@@H](C)CCC[C@@H]2C)c1. The standard InChI is InChI=1S/C20H33NO2/c1-14(2)19-10-9-15(3)11-20(19)23-13-18(22)12-21-16(4)7-6-8-17(21)5/h9-11,14,16-18,22H,6-8,12-13H2,1-5H3/t16-,17-,18+/m0/s1. The number of rotatable bonds is 6. The summed E-state index contributed by atoms with van der Waals surface area (Å²) >= 11 is 0.